The molecule has 7 N–H and O–H groups in total. The van der Waals surface area contributed by atoms with Crippen LogP contribution in [0, 0.1) is 0 Å². The minimum atomic E-state index is -5.57. The topological polar surface area (TPSA) is 202 Å². The average molecular weight is 323 g/mol. The lowest BCUT2D eigenvalue weighted by molar-refractivity contribution is -0.143. The Morgan fingerprint density at radius 3 is 2.05 bits per heavy atom. The Morgan fingerprint density at radius 2 is 1.79 bits per heavy atom. The molecule has 112 valence electrons. The van der Waals surface area contributed by atoms with Crippen LogP contribution in [0.15, 0.2) is 0 Å². The first-order valence-electron chi connectivity index (χ1n) is 4.54. The van der Waals surface area contributed by atoms with Gasteiger partial charge in [-0.25, -0.2) is 0 Å². The molecule has 0 bridgehead atoms. The number of aliphatic hydroxyl groups excluding tert-OH is 4. The molecule has 0 spiro atoms. The van der Waals surface area contributed by atoms with Crippen molar-refractivity contribution in [3.05, 3.63) is 0 Å². The fourth-order valence-corrected chi connectivity index (χ4v) is 2.92. The zero-order valence-corrected chi connectivity index (χ0v) is 11.0. The maximum absolute atomic E-state index is 11.2. The Morgan fingerprint density at radius 1 is 1.32 bits per heavy atom. The Hall–Kier alpha value is -0.320. The third-order valence-corrected chi connectivity index (χ3v) is 4.34. The summed E-state index contributed by atoms with van der Waals surface area (Å²) in [5.74, 6) is 0. The van der Waals surface area contributed by atoms with Crippen LogP contribution < -0.4 is 0 Å². The van der Waals surface area contributed by atoms with E-state index in [0.29, 0.717) is 0 Å². The van der Waals surface area contributed by atoms with Crippen molar-refractivity contribution < 1.29 is 53.6 Å². The monoisotopic (exact) mass is 323 g/mol. The standard InChI is InChI=1S/C6H12O11P2/c7-1-3(9)4(10)5(11)6(2-8,17-18(12)13)19(14,15)16/h1,3-5,8-11H,2H2,(H2-,12,13,14,15,16)/p+1/t3-,4+,5-,6+/m0/s1. The number of aldehydes is 1. The van der Waals surface area contributed by atoms with Crippen molar-refractivity contribution >= 4 is 22.1 Å². The van der Waals surface area contributed by atoms with Crippen LogP contribution in [0.2, 0.25) is 0 Å². The van der Waals surface area contributed by atoms with E-state index < -0.39 is 46.1 Å². The molecular weight excluding hydrogens is 310 g/mol. The van der Waals surface area contributed by atoms with Gasteiger partial charge in [0.05, 0.1) is 6.61 Å². The second kappa shape index (κ2) is 6.91. The summed E-state index contributed by atoms with van der Waals surface area (Å²) in [5.41, 5.74) is 0. The minimum absolute atomic E-state index is 0.255. The van der Waals surface area contributed by atoms with Gasteiger partial charge < -0.3 is 35.0 Å². The van der Waals surface area contributed by atoms with Gasteiger partial charge >= 0.3 is 15.9 Å². The van der Waals surface area contributed by atoms with E-state index in [9.17, 15) is 24.1 Å². The molecule has 0 rings (SSSR count). The highest BCUT2D eigenvalue weighted by Crippen LogP contribution is 2.56. The second-order valence-electron chi connectivity index (χ2n) is 3.44. The van der Waals surface area contributed by atoms with E-state index in [2.05, 4.69) is 4.52 Å². The van der Waals surface area contributed by atoms with E-state index in [1.165, 1.54) is 0 Å². The Balaban J connectivity index is 5.64. The van der Waals surface area contributed by atoms with Crippen LogP contribution in [-0.4, -0.2) is 71.7 Å². The summed E-state index contributed by atoms with van der Waals surface area (Å²) in [6.07, 6.45) is -7.70. The average Bonchev–Trinajstić information content (AvgIpc) is 2.31. The van der Waals surface area contributed by atoms with Gasteiger partial charge in [-0.1, -0.05) is 4.52 Å². The molecule has 0 amide bonds. The smallest absolute Gasteiger partial charge is 0.392 e. The van der Waals surface area contributed by atoms with Crippen molar-refractivity contribution in [3.63, 3.8) is 0 Å². The van der Waals surface area contributed by atoms with Crippen molar-refractivity contribution in [2.75, 3.05) is 6.61 Å². The number of hydrogen-bond donors (Lipinski definition) is 7. The van der Waals surface area contributed by atoms with E-state index in [-0.39, 0.29) is 6.29 Å². The molecule has 0 radical (unpaired) electrons. The summed E-state index contributed by atoms with van der Waals surface area (Å²) in [6.45, 7) is -1.66. The number of rotatable bonds is 8. The van der Waals surface area contributed by atoms with Crippen molar-refractivity contribution in [1.82, 2.24) is 0 Å². The molecule has 0 aromatic heterocycles. The summed E-state index contributed by atoms with van der Waals surface area (Å²) in [4.78, 5) is 36.7. The molecule has 0 aliphatic heterocycles. The molecule has 0 fully saturated rings. The lowest BCUT2D eigenvalue weighted by Crippen LogP contribution is -2.55. The summed E-state index contributed by atoms with van der Waals surface area (Å²) < 4.78 is 25.7. The van der Waals surface area contributed by atoms with Crippen molar-refractivity contribution in [3.8, 4) is 0 Å². The zero-order valence-electron chi connectivity index (χ0n) is 9.17. The summed E-state index contributed by atoms with van der Waals surface area (Å²) in [5, 5.41) is 33.3. The molecule has 11 nitrogen and oxygen atoms in total. The molecule has 5 atom stereocenters. The predicted molar refractivity (Wildman–Crippen MR) is 56.9 cm³/mol. The van der Waals surface area contributed by atoms with Crippen LogP contribution in [0.25, 0.3) is 0 Å². The van der Waals surface area contributed by atoms with E-state index in [4.69, 9.17) is 24.9 Å². The quantitative estimate of drug-likeness (QED) is 0.175. The number of carbonyl (C=O) groups is 1. The highest BCUT2D eigenvalue weighted by molar-refractivity contribution is 7.54. The van der Waals surface area contributed by atoms with Gasteiger partial charge in [0.2, 0.25) is 0 Å². The molecular formula is C6H13O11P2+. The van der Waals surface area contributed by atoms with Crippen LogP contribution >= 0.6 is 15.9 Å². The van der Waals surface area contributed by atoms with E-state index >= 15 is 0 Å². The molecule has 0 heterocycles. The Kier molecular flexibility index (Phi) is 6.79. The number of hydrogen-bond acceptors (Lipinski definition) is 8. The van der Waals surface area contributed by atoms with Crippen molar-refractivity contribution in [2.45, 2.75) is 23.7 Å². The SMILES string of the molecule is O=C[C@H](O)[C@@H](O)[C@H](O)[C@](CO)(O[P+](=O)O)P(=O)(O)O. The molecule has 0 saturated heterocycles. The van der Waals surface area contributed by atoms with E-state index in [0.717, 1.165) is 0 Å². The van der Waals surface area contributed by atoms with Crippen LogP contribution in [0.3, 0.4) is 0 Å². The van der Waals surface area contributed by atoms with Crippen molar-refractivity contribution in [1.29, 1.82) is 0 Å². The Labute approximate surface area is 107 Å². The first-order chi connectivity index (χ1) is 8.53. The van der Waals surface area contributed by atoms with Gasteiger partial charge in [-0.3, -0.25) is 4.57 Å². The summed E-state index contributed by atoms with van der Waals surface area (Å²) in [6, 6.07) is 0. The third-order valence-electron chi connectivity index (χ3n) is 2.23. The molecule has 0 saturated carbocycles. The fraction of sp³-hybridized carbons (Fsp3) is 0.833. The fourth-order valence-electron chi connectivity index (χ4n) is 1.16. The highest BCUT2D eigenvalue weighted by Gasteiger charge is 2.62. The predicted octanol–water partition coefficient (Wildman–Crippen LogP) is -3.20. The van der Waals surface area contributed by atoms with Crippen LogP contribution in [0.1, 0.15) is 0 Å². The van der Waals surface area contributed by atoms with Crippen LogP contribution in [0.4, 0.5) is 0 Å². The lowest BCUT2D eigenvalue weighted by Gasteiger charge is -2.33. The largest absolute Gasteiger partial charge is 0.696 e. The normalized spacial score (nSPS) is 21.1. The van der Waals surface area contributed by atoms with Gasteiger partial charge in [-0.05, 0) is 0 Å². The second-order valence-corrected chi connectivity index (χ2v) is 5.94. The van der Waals surface area contributed by atoms with Gasteiger partial charge in [-0.15, -0.1) is 4.89 Å². The Bertz CT molecular complexity index is 379. The maximum atomic E-state index is 11.2. The molecule has 13 heteroatoms. The van der Waals surface area contributed by atoms with Gasteiger partial charge in [0.1, 0.15) is 18.3 Å². The molecule has 0 aromatic rings. The minimum Gasteiger partial charge on any atom is -0.392 e. The first-order valence-corrected chi connectivity index (χ1v) is 7.29. The lowest BCUT2D eigenvalue weighted by atomic mass is 10.0. The van der Waals surface area contributed by atoms with Gasteiger partial charge in [-0.2, -0.15) is 0 Å². The molecule has 19 heavy (non-hydrogen) atoms. The number of aliphatic hydroxyl groups is 4. The van der Waals surface area contributed by atoms with Crippen molar-refractivity contribution in [2.24, 2.45) is 0 Å². The molecule has 0 aliphatic carbocycles. The molecule has 0 aromatic carbocycles. The molecule has 0 aliphatic rings. The number of carbonyl (C=O) groups excluding carboxylic acids is 1. The van der Waals surface area contributed by atoms with Gasteiger partial charge in [0, 0.05) is 4.57 Å². The summed E-state index contributed by atoms with van der Waals surface area (Å²) in [7, 11) is -9.26. The van der Waals surface area contributed by atoms with E-state index in [1.54, 1.807) is 0 Å². The van der Waals surface area contributed by atoms with Gasteiger partial charge in [0.15, 0.2) is 6.29 Å². The van der Waals surface area contributed by atoms with Crippen LogP contribution in [-0.2, 0) is 18.4 Å². The van der Waals surface area contributed by atoms with Crippen LogP contribution in [0.5, 0.6) is 0 Å². The zero-order chi connectivity index (χ0) is 15.4. The third kappa shape index (κ3) is 4.07. The highest BCUT2D eigenvalue weighted by atomic mass is 31.2. The van der Waals surface area contributed by atoms with Gasteiger partial charge in [0.25, 0.3) is 5.34 Å². The maximum Gasteiger partial charge on any atom is 0.696 e. The first kappa shape index (κ1) is 18.7. The molecule has 1 unspecified atom stereocenters. The van der Waals surface area contributed by atoms with E-state index in [1.807, 2.05) is 0 Å². The summed E-state index contributed by atoms with van der Waals surface area (Å²) >= 11 is 0.